The zero-order chi connectivity index (χ0) is 21.7. The maximum Gasteiger partial charge on any atom is 0.303 e. The van der Waals surface area contributed by atoms with Crippen LogP contribution in [0.2, 0.25) is 5.02 Å². The van der Waals surface area contributed by atoms with E-state index in [4.69, 9.17) is 21.4 Å². The number of rotatable bonds is 6. The Kier molecular flexibility index (Phi) is 6.75. The summed E-state index contributed by atoms with van der Waals surface area (Å²) in [6.45, 7) is 1.22. The van der Waals surface area contributed by atoms with Gasteiger partial charge in [-0.15, -0.1) is 0 Å². The van der Waals surface area contributed by atoms with Crippen LogP contribution >= 0.6 is 11.6 Å². The van der Waals surface area contributed by atoms with E-state index >= 15 is 0 Å². The zero-order valence-corrected chi connectivity index (χ0v) is 17.9. The Labute approximate surface area is 180 Å². The SMILES string of the molecule is CN1CCOc2cc(S(=O)(=O)Nc3ccc(Cl)cc3C#CCCCC(=O)O)ccc21. The van der Waals surface area contributed by atoms with Gasteiger partial charge in [0.05, 0.1) is 28.4 Å². The number of benzene rings is 2. The average molecular weight is 449 g/mol. The number of hydrogen-bond acceptors (Lipinski definition) is 5. The van der Waals surface area contributed by atoms with Crippen molar-refractivity contribution in [1.82, 2.24) is 0 Å². The van der Waals surface area contributed by atoms with E-state index in [0.717, 1.165) is 12.2 Å². The molecule has 1 heterocycles. The predicted octanol–water partition coefficient (Wildman–Crippen LogP) is 3.58. The third-order valence-electron chi connectivity index (χ3n) is 4.48. The molecule has 1 aliphatic heterocycles. The van der Waals surface area contributed by atoms with E-state index in [9.17, 15) is 13.2 Å². The summed E-state index contributed by atoms with van der Waals surface area (Å²) in [4.78, 5) is 12.7. The van der Waals surface area contributed by atoms with Crippen LogP contribution in [-0.4, -0.2) is 39.7 Å². The van der Waals surface area contributed by atoms with Gasteiger partial charge in [-0.1, -0.05) is 23.4 Å². The predicted molar refractivity (Wildman–Crippen MR) is 116 cm³/mol. The third kappa shape index (κ3) is 5.38. The molecular formula is C21H21ClN2O5S. The van der Waals surface area contributed by atoms with Crippen molar-refractivity contribution in [2.45, 2.75) is 24.2 Å². The molecule has 7 nitrogen and oxygen atoms in total. The van der Waals surface area contributed by atoms with Gasteiger partial charge in [-0.05, 0) is 36.8 Å². The van der Waals surface area contributed by atoms with E-state index in [0.29, 0.717) is 41.5 Å². The molecule has 2 aromatic rings. The molecule has 0 aliphatic carbocycles. The second kappa shape index (κ2) is 9.28. The molecule has 0 amide bonds. The zero-order valence-electron chi connectivity index (χ0n) is 16.3. The van der Waals surface area contributed by atoms with Gasteiger partial charge in [0.1, 0.15) is 12.4 Å². The van der Waals surface area contributed by atoms with E-state index < -0.39 is 16.0 Å². The fraction of sp³-hybridized carbons (Fsp3) is 0.286. The van der Waals surface area contributed by atoms with Crippen LogP contribution in [0.15, 0.2) is 41.3 Å². The molecule has 0 bridgehead atoms. The van der Waals surface area contributed by atoms with Crippen LogP contribution in [0, 0.1) is 11.8 Å². The lowest BCUT2D eigenvalue weighted by Crippen LogP contribution is -2.29. The quantitative estimate of drug-likeness (QED) is 0.518. The number of unbranched alkanes of at least 4 members (excludes halogenated alkanes) is 1. The number of fused-ring (bicyclic) bond motifs is 1. The first-order valence-electron chi connectivity index (χ1n) is 9.27. The summed E-state index contributed by atoms with van der Waals surface area (Å²) in [6.07, 6.45) is 0.813. The Hall–Kier alpha value is -2.89. The number of carboxylic acid groups (broad SMARTS) is 1. The van der Waals surface area contributed by atoms with Gasteiger partial charge in [-0.3, -0.25) is 9.52 Å². The van der Waals surface area contributed by atoms with Crippen molar-refractivity contribution in [3.8, 4) is 17.6 Å². The maximum atomic E-state index is 12.9. The Balaban J connectivity index is 1.83. The molecule has 0 fully saturated rings. The van der Waals surface area contributed by atoms with Crippen molar-refractivity contribution in [3.63, 3.8) is 0 Å². The van der Waals surface area contributed by atoms with E-state index in [1.54, 1.807) is 24.3 Å². The number of anilines is 2. The van der Waals surface area contributed by atoms with Crippen molar-refractivity contribution in [2.75, 3.05) is 29.8 Å². The summed E-state index contributed by atoms with van der Waals surface area (Å²) in [6, 6.07) is 9.42. The molecular weight excluding hydrogens is 428 g/mol. The molecule has 30 heavy (non-hydrogen) atoms. The van der Waals surface area contributed by atoms with Crippen LogP contribution in [0.1, 0.15) is 24.8 Å². The second-order valence-electron chi connectivity index (χ2n) is 6.74. The molecule has 1 aliphatic rings. The molecule has 0 saturated carbocycles. The molecule has 2 N–H and O–H groups in total. The maximum absolute atomic E-state index is 12.9. The molecule has 0 radical (unpaired) electrons. The molecule has 9 heteroatoms. The van der Waals surface area contributed by atoms with Crippen LogP contribution in [0.3, 0.4) is 0 Å². The largest absolute Gasteiger partial charge is 0.490 e. The number of sulfonamides is 1. The number of carboxylic acids is 1. The molecule has 2 aromatic carbocycles. The van der Waals surface area contributed by atoms with E-state index in [1.165, 1.54) is 12.1 Å². The minimum atomic E-state index is -3.88. The third-order valence-corrected chi connectivity index (χ3v) is 6.08. The second-order valence-corrected chi connectivity index (χ2v) is 8.86. The van der Waals surface area contributed by atoms with Crippen molar-refractivity contribution < 1.29 is 23.1 Å². The fourth-order valence-corrected chi connectivity index (χ4v) is 4.17. The van der Waals surface area contributed by atoms with Gasteiger partial charge in [0, 0.05) is 31.0 Å². The van der Waals surface area contributed by atoms with E-state index in [1.807, 2.05) is 11.9 Å². The number of hydrogen-bond donors (Lipinski definition) is 2. The van der Waals surface area contributed by atoms with Crippen LogP contribution in [0.5, 0.6) is 5.75 Å². The number of nitrogens with one attached hydrogen (secondary N) is 1. The standard InChI is InChI=1S/C21H21ClN2O5S/c1-24-11-12-29-20-14-17(8-10-19(20)24)30(27,28)23-18-9-7-16(22)13-15(18)5-3-2-4-6-21(25)26/h7-10,13-14,23H,2,4,6,11-12H2,1H3,(H,25,26). The first kappa shape index (κ1) is 21.8. The van der Waals surface area contributed by atoms with Crippen molar-refractivity contribution in [1.29, 1.82) is 0 Å². The van der Waals surface area contributed by atoms with Crippen LogP contribution in [-0.2, 0) is 14.8 Å². The van der Waals surface area contributed by atoms with Crippen LogP contribution in [0.4, 0.5) is 11.4 Å². The van der Waals surface area contributed by atoms with Gasteiger partial charge in [0.25, 0.3) is 10.0 Å². The van der Waals surface area contributed by atoms with Gasteiger partial charge in [-0.25, -0.2) is 8.42 Å². The van der Waals surface area contributed by atoms with Gasteiger partial charge in [0.2, 0.25) is 0 Å². The molecule has 3 rings (SSSR count). The van der Waals surface area contributed by atoms with Crippen molar-refractivity contribution in [3.05, 3.63) is 47.0 Å². The van der Waals surface area contributed by atoms with Gasteiger partial charge in [-0.2, -0.15) is 0 Å². The van der Waals surface area contributed by atoms with E-state index in [2.05, 4.69) is 16.6 Å². The minimum absolute atomic E-state index is 0.0271. The molecule has 0 saturated heterocycles. The number of ether oxygens (including phenoxy) is 1. The Morgan fingerprint density at radius 3 is 2.87 bits per heavy atom. The van der Waals surface area contributed by atoms with Crippen molar-refractivity contribution in [2.24, 2.45) is 0 Å². The normalized spacial score (nSPS) is 12.9. The van der Waals surface area contributed by atoms with Gasteiger partial charge in [0.15, 0.2) is 0 Å². The first-order chi connectivity index (χ1) is 14.3. The molecule has 0 spiro atoms. The Morgan fingerprint density at radius 1 is 1.30 bits per heavy atom. The van der Waals surface area contributed by atoms with Gasteiger partial charge < -0.3 is 14.7 Å². The highest BCUT2D eigenvalue weighted by Crippen LogP contribution is 2.33. The summed E-state index contributed by atoms with van der Waals surface area (Å²) in [7, 11) is -1.96. The van der Waals surface area contributed by atoms with Gasteiger partial charge >= 0.3 is 5.97 Å². The Morgan fingerprint density at radius 2 is 2.10 bits per heavy atom. The smallest absolute Gasteiger partial charge is 0.303 e. The number of likely N-dealkylation sites (N-methyl/N-ethyl adjacent to an activating group) is 1. The summed E-state index contributed by atoms with van der Waals surface area (Å²) < 4.78 is 34.0. The average Bonchev–Trinajstić information content (AvgIpc) is 2.69. The van der Waals surface area contributed by atoms with Crippen LogP contribution in [0.25, 0.3) is 0 Å². The molecule has 158 valence electrons. The monoisotopic (exact) mass is 448 g/mol. The topological polar surface area (TPSA) is 95.9 Å². The van der Waals surface area contributed by atoms with Crippen molar-refractivity contribution >= 4 is 39.0 Å². The lowest BCUT2D eigenvalue weighted by atomic mass is 10.1. The highest BCUT2D eigenvalue weighted by atomic mass is 35.5. The van der Waals surface area contributed by atoms with E-state index in [-0.39, 0.29) is 11.3 Å². The lowest BCUT2D eigenvalue weighted by Gasteiger charge is -2.27. The highest BCUT2D eigenvalue weighted by molar-refractivity contribution is 7.92. The number of carbonyl (C=O) groups is 1. The summed E-state index contributed by atoms with van der Waals surface area (Å²) in [5.41, 5.74) is 1.54. The number of nitrogens with zero attached hydrogens (tertiary/aromatic N) is 1. The molecule has 0 atom stereocenters. The number of halogens is 1. The molecule has 0 unspecified atom stereocenters. The first-order valence-corrected chi connectivity index (χ1v) is 11.1. The Bertz CT molecular complexity index is 1120. The van der Waals surface area contributed by atoms with Crippen LogP contribution < -0.4 is 14.4 Å². The minimum Gasteiger partial charge on any atom is -0.490 e. The molecule has 0 aromatic heterocycles. The number of aliphatic carboxylic acids is 1. The summed E-state index contributed by atoms with van der Waals surface area (Å²) in [5.74, 6) is 5.37. The summed E-state index contributed by atoms with van der Waals surface area (Å²) in [5, 5.41) is 9.10. The lowest BCUT2D eigenvalue weighted by molar-refractivity contribution is -0.137. The highest BCUT2D eigenvalue weighted by Gasteiger charge is 2.21. The summed E-state index contributed by atoms with van der Waals surface area (Å²) >= 11 is 6.04. The fourth-order valence-electron chi connectivity index (χ4n) is 2.90.